The summed E-state index contributed by atoms with van der Waals surface area (Å²) < 4.78 is 11.0. The monoisotopic (exact) mass is 475 g/mol. The molecule has 0 saturated carbocycles. The van der Waals surface area contributed by atoms with E-state index in [2.05, 4.69) is 77.7 Å². The average molecular weight is 476 g/mol. The fraction of sp³-hybridized carbons (Fsp3) is 0.400. The summed E-state index contributed by atoms with van der Waals surface area (Å²) in [4.78, 5) is 3.95. The molecule has 0 radical (unpaired) electrons. The number of unbranched alkanes of at least 4 members (excludes halogenated alkanes) is 3. The Kier molecular flexibility index (Phi) is 9.35. The lowest BCUT2D eigenvalue weighted by Gasteiger charge is -2.29. The van der Waals surface area contributed by atoms with Crippen LogP contribution in [0, 0.1) is 0 Å². The van der Waals surface area contributed by atoms with E-state index < -0.39 is 0 Å². The third-order valence-electron chi connectivity index (χ3n) is 6.68. The smallest absolute Gasteiger partial charge is 0.161 e. The van der Waals surface area contributed by atoms with Gasteiger partial charge in [0.2, 0.25) is 0 Å². The van der Waals surface area contributed by atoms with Crippen molar-refractivity contribution in [2.45, 2.75) is 55.2 Å². The Labute approximate surface area is 209 Å². The topological polar surface area (TPSA) is 21.7 Å². The second kappa shape index (κ2) is 12.9. The molecular weight excluding hydrogens is 438 g/mol. The van der Waals surface area contributed by atoms with E-state index in [0.29, 0.717) is 5.25 Å². The predicted octanol–water partition coefficient (Wildman–Crippen LogP) is 7.55. The van der Waals surface area contributed by atoms with Crippen LogP contribution in [0.3, 0.4) is 0 Å². The highest BCUT2D eigenvalue weighted by Crippen LogP contribution is 2.39. The Morgan fingerprint density at radius 2 is 1.44 bits per heavy atom. The Morgan fingerprint density at radius 1 is 0.794 bits per heavy atom. The largest absolute Gasteiger partial charge is 0.493 e. The van der Waals surface area contributed by atoms with Gasteiger partial charge < -0.3 is 9.47 Å². The number of rotatable bonds is 12. The number of methoxy groups -OCH3 is 2. The first-order valence-corrected chi connectivity index (χ1v) is 13.4. The maximum atomic E-state index is 5.51. The van der Waals surface area contributed by atoms with Crippen molar-refractivity contribution >= 4 is 11.8 Å². The molecule has 0 aliphatic carbocycles. The zero-order chi connectivity index (χ0) is 23.6. The molecule has 0 fully saturated rings. The summed E-state index contributed by atoms with van der Waals surface area (Å²) in [6, 6.07) is 26.1. The van der Waals surface area contributed by atoms with Crippen LogP contribution in [0.2, 0.25) is 0 Å². The van der Waals surface area contributed by atoms with Crippen molar-refractivity contribution in [3.05, 3.63) is 89.5 Å². The van der Waals surface area contributed by atoms with E-state index in [4.69, 9.17) is 9.47 Å². The summed E-state index contributed by atoms with van der Waals surface area (Å²) in [6.07, 6.45) is 7.46. The lowest BCUT2D eigenvalue weighted by molar-refractivity contribution is 0.246. The Bertz CT molecular complexity index is 1010. The normalized spacial score (nSPS) is 14.4. The summed E-state index contributed by atoms with van der Waals surface area (Å²) in [5.74, 6) is 1.68. The van der Waals surface area contributed by atoms with Gasteiger partial charge >= 0.3 is 0 Å². The molecule has 1 heterocycles. The molecule has 1 atom stereocenters. The van der Waals surface area contributed by atoms with E-state index in [9.17, 15) is 0 Å². The Balaban J connectivity index is 1.21. The van der Waals surface area contributed by atoms with Crippen molar-refractivity contribution in [2.24, 2.45) is 0 Å². The summed E-state index contributed by atoms with van der Waals surface area (Å²) in [6.45, 7) is 3.32. The highest BCUT2D eigenvalue weighted by molar-refractivity contribution is 7.99. The van der Waals surface area contributed by atoms with Gasteiger partial charge in [0.05, 0.1) is 14.2 Å². The second-order valence-corrected chi connectivity index (χ2v) is 10.3. The molecule has 0 amide bonds. The molecule has 1 aliphatic rings. The molecule has 1 unspecified atom stereocenters. The highest BCUT2D eigenvalue weighted by Gasteiger charge is 2.19. The third-order valence-corrected chi connectivity index (χ3v) is 8.02. The van der Waals surface area contributed by atoms with Crippen LogP contribution in [0.5, 0.6) is 11.5 Å². The van der Waals surface area contributed by atoms with Gasteiger partial charge in [-0.25, -0.2) is 0 Å². The van der Waals surface area contributed by atoms with Crippen LogP contribution in [0.15, 0.2) is 77.7 Å². The van der Waals surface area contributed by atoms with Crippen molar-refractivity contribution in [2.75, 3.05) is 27.3 Å². The number of thioether (sulfide) groups is 1. The van der Waals surface area contributed by atoms with Gasteiger partial charge in [-0.05, 0) is 66.8 Å². The van der Waals surface area contributed by atoms with Crippen LogP contribution in [0.25, 0.3) is 0 Å². The second-order valence-electron chi connectivity index (χ2n) is 9.04. The van der Waals surface area contributed by atoms with Crippen molar-refractivity contribution in [3.8, 4) is 11.5 Å². The molecule has 0 bridgehead atoms. The zero-order valence-electron chi connectivity index (χ0n) is 20.5. The molecule has 180 valence electrons. The van der Waals surface area contributed by atoms with Crippen molar-refractivity contribution in [1.82, 2.24) is 4.90 Å². The van der Waals surface area contributed by atoms with E-state index in [-0.39, 0.29) is 0 Å². The standard InChI is InChI=1S/C30H37NO2S/c1-32-28-21-25-18-20-31(23-26(25)22-29(28)33-2)19-12-4-3-11-17-30(24-13-7-5-8-14-24)34-27-15-9-6-10-16-27/h5-10,13-16,21-22,30H,3-4,11-12,17-20,23H2,1-2H3. The lowest BCUT2D eigenvalue weighted by atomic mass is 9.98. The van der Waals surface area contributed by atoms with Crippen LogP contribution in [0.4, 0.5) is 0 Å². The quantitative estimate of drug-likeness (QED) is 0.199. The number of hydrogen-bond donors (Lipinski definition) is 0. The van der Waals surface area contributed by atoms with Crippen LogP contribution in [0.1, 0.15) is 54.0 Å². The van der Waals surface area contributed by atoms with Crippen molar-refractivity contribution < 1.29 is 9.47 Å². The van der Waals surface area contributed by atoms with Gasteiger partial charge in [0.15, 0.2) is 11.5 Å². The SMILES string of the molecule is COc1cc2c(cc1OC)CN(CCCCCCC(Sc1ccccc1)c1ccccc1)CC2. The van der Waals surface area contributed by atoms with Gasteiger partial charge in [-0.2, -0.15) is 0 Å². The molecule has 4 heteroatoms. The van der Waals surface area contributed by atoms with Crippen LogP contribution in [-0.2, 0) is 13.0 Å². The minimum Gasteiger partial charge on any atom is -0.493 e. The maximum Gasteiger partial charge on any atom is 0.161 e. The molecule has 3 nitrogen and oxygen atoms in total. The molecule has 0 aromatic heterocycles. The molecular formula is C30H37NO2S. The van der Waals surface area contributed by atoms with E-state index in [1.54, 1.807) is 14.2 Å². The Hall–Kier alpha value is -2.43. The number of benzene rings is 3. The number of ether oxygens (including phenoxy) is 2. The molecule has 0 spiro atoms. The fourth-order valence-electron chi connectivity index (χ4n) is 4.78. The minimum absolute atomic E-state index is 0.522. The molecule has 4 rings (SSSR count). The van der Waals surface area contributed by atoms with Crippen LogP contribution < -0.4 is 9.47 Å². The lowest BCUT2D eigenvalue weighted by Crippen LogP contribution is -2.31. The van der Waals surface area contributed by atoms with Gasteiger partial charge in [-0.1, -0.05) is 67.8 Å². The highest BCUT2D eigenvalue weighted by atomic mass is 32.2. The first-order chi connectivity index (χ1) is 16.8. The van der Waals surface area contributed by atoms with Gasteiger partial charge in [0.25, 0.3) is 0 Å². The molecule has 34 heavy (non-hydrogen) atoms. The molecule has 3 aromatic rings. The molecule has 0 N–H and O–H groups in total. The van der Waals surface area contributed by atoms with E-state index in [1.807, 2.05) is 11.8 Å². The summed E-state index contributed by atoms with van der Waals surface area (Å²) in [5.41, 5.74) is 4.22. The molecule has 1 aliphatic heterocycles. The summed E-state index contributed by atoms with van der Waals surface area (Å²) in [5, 5.41) is 0.522. The predicted molar refractivity (Wildman–Crippen MR) is 143 cm³/mol. The third kappa shape index (κ3) is 6.80. The van der Waals surface area contributed by atoms with Gasteiger partial charge in [0, 0.05) is 23.2 Å². The van der Waals surface area contributed by atoms with E-state index in [1.165, 1.54) is 60.2 Å². The molecule has 0 saturated heterocycles. The number of hydrogen-bond acceptors (Lipinski definition) is 4. The van der Waals surface area contributed by atoms with Crippen LogP contribution >= 0.6 is 11.8 Å². The van der Waals surface area contributed by atoms with E-state index in [0.717, 1.165) is 31.0 Å². The number of nitrogens with zero attached hydrogens (tertiary/aromatic N) is 1. The average Bonchev–Trinajstić information content (AvgIpc) is 2.90. The fourth-order valence-corrected chi connectivity index (χ4v) is 6.00. The van der Waals surface area contributed by atoms with Gasteiger partial charge in [-0.3, -0.25) is 4.90 Å². The zero-order valence-corrected chi connectivity index (χ0v) is 21.4. The number of fused-ring (bicyclic) bond motifs is 1. The first kappa shape index (κ1) is 24.7. The molecule has 3 aromatic carbocycles. The Morgan fingerprint density at radius 3 is 2.15 bits per heavy atom. The van der Waals surface area contributed by atoms with Gasteiger partial charge in [-0.15, -0.1) is 11.8 Å². The minimum atomic E-state index is 0.522. The van der Waals surface area contributed by atoms with E-state index >= 15 is 0 Å². The maximum absolute atomic E-state index is 5.51. The first-order valence-electron chi connectivity index (χ1n) is 12.5. The summed E-state index contributed by atoms with van der Waals surface area (Å²) in [7, 11) is 3.42. The van der Waals surface area contributed by atoms with Gasteiger partial charge in [0.1, 0.15) is 0 Å². The van der Waals surface area contributed by atoms with Crippen LogP contribution in [-0.4, -0.2) is 32.2 Å². The van der Waals surface area contributed by atoms with Crippen molar-refractivity contribution in [1.29, 1.82) is 0 Å². The summed E-state index contributed by atoms with van der Waals surface area (Å²) >= 11 is 2.00. The van der Waals surface area contributed by atoms with Crippen molar-refractivity contribution in [3.63, 3.8) is 0 Å².